The summed E-state index contributed by atoms with van der Waals surface area (Å²) in [5.74, 6) is -0.657. The number of nitrogens with one attached hydrogen (secondary N) is 2. The second kappa shape index (κ2) is 4.75. The molecular weight excluding hydrogens is 232 g/mol. The molecule has 7 heteroatoms. The highest BCUT2D eigenvalue weighted by Gasteiger charge is 2.14. The van der Waals surface area contributed by atoms with Crippen LogP contribution in [0.25, 0.3) is 0 Å². The topological polar surface area (TPSA) is 92.3 Å². The van der Waals surface area contributed by atoms with Gasteiger partial charge in [0.1, 0.15) is 0 Å². The van der Waals surface area contributed by atoms with Crippen LogP contribution in [0.15, 0.2) is 29.2 Å². The third kappa shape index (κ3) is 3.06. The van der Waals surface area contributed by atoms with Crippen molar-refractivity contribution >= 4 is 28.0 Å². The van der Waals surface area contributed by atoms with Gasteiger partial charge in [0.15, 0.2) is 0 Å². The fourth-order valence-electron chi connectivity index (χ4n) is 1.05. The molecule has 0 aromatic heterocycles. The Balaban J connectivity index is 2.97. The van der Waals surface area contributed by atoms with E-state index in [-0.39, 0.29) is 4.90 Å². The number of carbonyl (C=O) groups is 2. The summed E-state index contributed by atoms with van der Waals surface area (Å²) in [6.07, 6.45) is 0.483. The van der Waals surface area contributed by atoms with E-state index in [0.29, 0.717) is 12.1 Å². The maximum atomic E-state index is 11.5. The molecule has 0 atom stereocenters. The van der Waals surface area contributed by atoms with Crippen molar-refractivity contribution in [1.29, 1.82) is 0 Å². The average Bonchev–Trinajstić information content (AvgIpc) is 2.17. The van der Waals surface area contributed by atoms with Gasteiger partial charge in [-0.05, 0) is 24.3 Å². The van der Waals surface area contributed by atoms with E-state index in [4.69, 9.17) is 0 Å². The van der Waals surface area contributed by atoms with E-state index < -0.39 is 15.9 Å². The first-order valence-electron chi connectivity index (χ1n) is 4.29. The van der Waals surface area contributed by atoms with Gasteiger partial charge in [-0.2, -0.15) is 0 Å². The van der Waals surface area contributed by atoms with Crippen molar-refractivity contribution in [2.24, 2.45) is 0 Å². The Morgan fingerprint density at radius 2 is 1.81 bits per heavy atom. The van der Waals surface area contributed by atoms with E-state index in [9.17, 15) is 18.0 Å². The van der Waals surface area contributed by atoms with Crippen molar-refractivity contribution in [3.63, 3.8) is 0 Å². The summed E-state index contributed by atoms with van der Waals surface area (Å²) in [6.45, 7) is 1.11. The second-order valence-corrected chi connectivity index (χ2v) is 4.63. The zero-order chi connectivity index (χ0) is 12.2. The predicted molar refractivity (Wildman–Crippen MR) is 57.1 cm³/mol. The molecule has 1 aromatic carbocycles. The Hall–Kier alpha value is -1.89. The van der Waals surface area contributed by atoms with Crippen molar-refractivity contribution in [2.75, 3.05) is 5.32 Å². The number of hydrogen-bond donors (Lipinski definition) is 2. The van der Waals surface area contributed by atoms with Crippen LogP contribution in [0.4, 0.5) is 5.69 Å². The zero-order valence-corrected chi connectivity index (χ0v) is 9.24. The third-order valence-electron chi connectivity index (χ3n) is 1.67. The SMILES string of the molecule is CC(=O)NS(=O)(=O)c1ccc(NC=O)cc1. The summed E-state index contributed by atoms with van der Waals surface area (Å²) < 4.78 is 24.8. The van der Waals surface area contributed by atoms with Gasteiger partial charge >= 0.3 is 0 Å². The van der Waals surface area contributed by atoms with E-state index in [1.807, 2.05) is 4.72 Å². The number of benzene rings is 1. The van der Waals surface area contributed by atoms with Crippen molar-refractivity contribution in [3.8, 4) is 0 Å². The molecule has 0 unspecified atom stereocenters. The molecule has 0 aliphatic rings. The van der Waals surface area contributed by atoms with Crippen LogP contribution >= 0.6 is 0 Å². The molecule has 0 saturated heterocycles. The van der Waals surface area contributed by atoms with Gasteiger partial charge < -0.3 is 5.32 Å². The summed E-state index contributed by atoms with van der Waals surface area (Å²) >= 11 is 0. The number of carbonyl (C=O) groups excluding carboxylic acids is 2. The summed E-state index contributed by atoms with van der Waals surface area (Å²) in [4.78, 5) is 20.7. The molecule has 0 aliphatic heterocycles. The van der Waals surface area contributed by atoms with Crippen LogP contribution in [0.5, 0.6) is 0 Å². The van der Waals surface area contributed by atoms with Crippen molar-refractivity contribution in [1.82, 2.24) is 4.72 Å². The number of amides is 2. The predicted octanol–water partition coefficient (Wildman–Crippen LogP) is 0.0797. The Bertz CT molecular complexity index is 493. The van der Waals surface area contributed by atoms with Crippen molar-refractivity contribution in [2.45, 2.75) is 11.8 Å². The molecule has 16 heavy (non-hydrogen) atoms. The van der Waals surface area contributed by atoms with E-state index in [2.05, 4.69) is 5.32 Å². The Labute approximate surface area is 92.7 Å². The quantitative estimate of drug-likeness (QED) is 0.731. The van der Waals surface area contributed by atoms with Gasteiger partial charge in [0.05, 0.1) is 4.90 Å². The molecule has 2 amide bonds. The van der Waals surface area contributed by atoms with E-state index in [0.717, 1.165) is 6.92 Å². The highest BCUT2D eigenvalue weighted by Crippen LogP contribution is 2.13. The molecule has 2 N–H and O–H groups in total. The highest BCUT2D eigenvalue weighted by molar-refractivity contribution is 7.90. The van der Waals surface area contributed by atoms with Gasteiger partial charge in [-0.3, -0.25) is 9.59 Å². The van der Waals surface area contributed by atoms with Crippen molar-refractivity contribution < 1.29 is 18.0 Å². The van der Waals surface area contributed by atoms with E-state index in [1.54, 1.807) is 0 Å². The van der Waals surface area contributed by atoms with Gasteiger partial charge in [0, 0.05) is 12.6 Å². The lowest BCUT2D eigenvalue weighted by molar-refractivity contribution is -0.117. The lowest BCUT2D eigenvalue weighted by Crippen LogP contribution is -2.28. The molecule has 0 heterocycles. The first kappa shape index (κ1) is 12.2. The fourth-order valence-corrected chi connectivity index (χ4v) is 2.04. The normalized spacial score (nSPS) is 10.6. The molecule has 0 aliphatic carbocycles. The van der Waals surface area contributed by atoms with Crippen LogP contribution < -0.4 is 10.0 Å². The summed E-state index contributed by atoms with van der Waals surface area (Å²) in [5.41, 5.74) is 0.469. The first-order chi connectivity index (χ1) is 7.45. The van der Waals surface area contributed by atoms with Crippen LogP contribution in [0, 0.1) is 0 Å². The Kier molecular flexibility index (Phi) is 3.62. The zero-order valence-electron chi connectivity index (χ0n) is 8.43. The standard InChI is InChI=1S/C9H10N2O4S/c1-7(13)11-16(14,15)9-4-2-8(3-5-9)10-6-12/h2-6H,1H3,(H,10,12)(H,11,13). The minimum Gasteiger partial charge on any atom is -0.329 e. The number of sulfonamides is 1. The minimum atomic E-state index is -3.81. The monoisotopic (exact) mass is 242 g/mol. The fraction of sp³-hybridized carbons (Fsp3) is 0.111. The highest BCUT2D eigenvalue weighted by atomic mass is 32.2. The van der Waals surface area contributed by atoms with Crippen LogP contribution in [0.2, 0.25) is 0 Å². The largest absolute Gasteiger partial charge is 0.329 e. The molecule has 0 fully saturated rings. The molecule has 86 valence electrons. The number of anilines is 1. The molecule has 0 bridgehead atoms. The van der Waals surface area contributed by atoms with Crippen LogP contribution in [0.3, 0.4) is 0 Å². The van der Waals surface area contributed by atoms with Gasteiger partial charge in [-0.25, -0.2) is 13.1 Å². The number of rotatable bonds is 4. The summed E-state index contributed by atoms with van der Waals surface area (Å²) in [5, 5.41) is 2.36. The molecule has 1 rings (SSSR count). The van der Waals surface area contributed by atoms with Gasteiger partial charge in [0.2, 0.25) is 12.3 Å². The van der Waals surface area contributed by atoms with Crippen LogP contribution in [-0.2, 0) is 19.6 Å². The summed E-state index contributed by atoms with van der Waals surface area (Å²) in [7, 11) is -3.81. The maximum absolute atomic E-state index is 11.5. The second-order valence-electron chi connectivity index (χ2n) is 2.95. The molecule has 6 nitrogen and oxygen atoms in total. The first-order valence-corrected chi connectivity index (χ1v) is 5.77. The van der Waals surface area contributed by atoms with E-state index >= 15 is 0 Å². The Morgan fingerprint density at radius 1 is 1.25 bits per heavy atom. The maximum Gasteiger partial charge on any atom is 0.264 e. The van der Waals surface area contributed by atoms with Gasteiger partial charge in [-0.1, -0.05) is 0 Å². The smallest absolute Gasteiger partial charge is 0.264 e. The molecule has 1 aromatic rings. The number of hydrogen-bond acceptors (Lipinski definition) is 4. The van der Waals surface area contributed by atoms with E-state index in [1.165, 1.54) is 24.3 Å². The minimum absolute atomic E-state index is 0.0425. The molecule has 0 saturated carbocycles. The van der Waals surface area contributed by atoms with Crippen LogP contribution in [0.1, 0.15) is 6.92 Å². The van der Waals surface area contributed by atoms with Gasteiger partial charge in [-0.15, -0.1) is 0 Å². The average molecular weight is 242 g/mol. The Morgan fingerprint density at radius 3 is 2.25 bits per heavy atom. The van der Waals surface area contributed by atoms with Crippen molar-refractivity contribution in [3.05, 3.63) is 24.3 Å². The van der Waals surface area contributed by atoms with Gasteiger partial charge in [0.25, 0.3) is 10.0 Å². The lowest BCUT2D eigenvalue weighted by atomic mass is 10.3. The summed E-state index contributed by atoms with van der Waals surface area (Å²) in [6, 6.07) is 5.42. The van der Waals surface area contributed by atoms with Crippen LogP contribution in [-0.4, -0.2) is 20.7 Å². The third-order valence-corrected chi connectivity index (χ3v) is 3.12. The lowest BCUT2D eigenvalue weighted by Gasteiger charge is -2.05. The molecular formula is C9H10N2O4S. The molecule has 0 radical (unpaired) electrons. The molecule has 0 spiro atoms.